The van der Waals surface area contributed by atoms with Gasteiger partial charge in [-0.2, -0.15) is 0 Å². The molecule has 0 atom stereocenters. The van der Waals surface area contributed by atoms with E-state index in [1.807, 2.05) is 0 Å². The summed E-state index contributed by atoms with van der Waals surface area (Å²) < 4.78 is 24.9. The van der Waals surface area contributed by atoms with E-state index >= 15 is 0 Å². The molecule has 3 nitrogen and oxygen atoms in total. The molecule has 0 bridgehead atoms. The molecule has 1 aromatic heterocycles. The van der Waals surface area contributed by atoms with Crippen molar-refractivity contribution in [2.24, 2.45) is 0 Å². The van der Waals surface area contributed by atoms with Gasteiger partial charge in [0.25, 0.3) is 6.43 Å². The van der Waals surface area contributed by atoms with E-state index in [4.69, 9.17) is 16.7 Å². The van der Waals surface area contributed by atoms with Gasteiger partial charge in [-0.05, 0) is 11.6 Å². The first kappa shape index (κ1) is 13.3. The van der Waals surface area contributed by atoms with E-state index in [0.29, 0.717) is 10.9 Å². The lowest BCUT2D eigenvalue weighted by atomic mass is 10.1. The van der Waals surface area contributed by atoms with Crippen LogP contribution in [0.5, 0.6) is 0 Å². The number of pyridine rings is 1. The van der Waals surface area contributed by atoms with Gasteiger partial charge >= 0.3 is 5.97 Å². The van der Waals surface area contributed by atoms with Crippen LogP contribution in [0.25, 0.3) is 0 Å². The Morgan fingerprint density at radius 1 is 1.62 bits per heavy atom. The largest absolute Gasteiger partial charge is 0.481 e. The number of carboxylic acid groups (broad SMARTS) is 1. The first-order valence-corrected chi connectivity index (χ1v) is 5.69. The predicted molar refractivity (Wildman–Crippen MR) is 58.2 cm³/mol. The number of alkyl halides is 3. The van der Waals surface area contributed by atoms with Gasteiger partial charge in [0.05, 0.1) is 17.1 Å². The summed E-state index contributed by atoms with van der Waals surface area (Å²) in [6.07, 6.45) is -3.22. The monoisotopic (exact) mass is 313 g/mol. The van der Waals surface area contributed by atoms with Crippen LogP contribution in [-0.2, 0) is 16.5 Å². The average Bonchev–Trinajstić information content (AvgIpc) is 2.18. The SMILES string of the molecule is O=C(O)Cc1nc(C(F)F)c(Cl)cc1CBr. The zero-order valence-electron chi connectivity index (χ0n) is 7.88. The smallest absolute Gasteiger partial charge is 0.309 e. The van der Waals surface area contributed by atoms with Gasteiger partial charge in [-0.15, -0.1) is 0 Å². The number of aliphatic carboxylic acids is 1. The second kappa shape index (κ2) is 5.54. The van der Waals surface area contributed by atoms with E-state index in [1.165, 1.54) is 6.07 Å². The molecule has 0 aliphatic heterocycles. The molecule has 0 fully saturated rings. The van der Waals surface area contributed by atoms with Crippen molar-refractivity contribution in [2.45, 2.75) is 18.2 Å². The fourth-order valence-corrected chi connectivity index (χ4v) is 1.89. The van der Waals surface area contributed by atoms with Gasteiger partial charge in [0.1, 0.15) is 5.69 Å². The van der Waals surface area contributed by atoms with Crippen LogP contribution in [0.3, 0.4) is 0 Å². The van der Waals surface area contributed by atoms with Crippen molar-refractivity contribution in [1.82, 2.24) is 4.98 Å². The van der Waals surface area contributed by atoms with Gasteiger partial charge in [-0.3, -0.25) is 4.79 Å². The molecule has 0 aromatic carbocycles. The molecule has 0 radical (unpaired) electrons. The lowest BCUT2D eigenvalue weighted by molar-refractivity contribution is -0.136. The van der Waals surface area contributed by atoms with Gasteiger partial charge in [0.2, 0.25) is 0 Å². The van der Waals surface area contributed by atoms with Gasteiger partial charge < -0.3 is 5.11 Å². The maximum Gasteiger partial charge on any atom is 0.309 e. The highest BCUT2D eigenvalue weighted by Gasteiger charge is 2.18. The van der Waals surface area contributed by atoms with Crippen molar-refractivity contribution in [2.75, 3.05) is 0 Å². The molecule has 0 spiro atoms. The zero-order valence-corrected chi connectivity index (χ0v) is 10.2. The Bertz CT molecular complexity index is 415. The summed E-state index contributed by atoms with van der Waals surface area (Å²) in [5.41, 5.74) is 0.0171. The van der Waals surface area contributed by atoms with Crippen molar-refractivity contribution in [3.63, 3.8) is 0 Å². The van der Waals surface area contributed by atoms with Crippen LogP contribution in [0.1, 0.15) is 23.4 Å². The molecule has 0 saturated heterocycles. The van der Waals surface area contributed by atoms with E-state index in [9.17, 15) is 13.6 Å². The maximum absolute atomic E-state index is 12.5. The highest BCUT2D eigenvalue weighted by atomic mass is 79.9. The minimum absolute atomic E-state index is 0.101. The highest BCUT2D eigenvalue weighted by Crippen LogP contribution is 2.28. The van der Waals surface area contributed by atoms with Crippen molar-refractivity contribution >= 4 is 33.5 Å². The van der Waals surface area contributed by atoms with Crippen LogP contribution in [0.15, 0.2) is 6.07 Å². The molecule has 0 aliphatic rings. The summed E-state index contributed by atoms with van der Waals surface area (Å²) in [7, 11) is 0. The van der Waals surface area contributed by atoms with Crippen LogP contribution in [0.2, 0.25) is 5.02 Å². The molecule has 88 valence electrons. The molecule has 1 aromatic rings. The van der Waals surface area contributed by atoms with Crippen LogP contribution < -0.4 is 0 Å². The van der Waals surface area contributed by atoms with Crippen molar-refractivity contribution in [3.8, 4) is 0 Å². The highest BCUT2D eigenvalue weighted by molar-refractivity contribution is 9.08. The van der Waals surface area contributed by atoms with Gasteiger partial charge in [0, 0.05) is 5.33 Å². The predicted octanol–water partition coefficient (Wildman–Crippen LogP) is 3.19. The van der Waals surface area contributed by atoms with Crippen molar-refractivity contribution < 1.29 is 18.7 Å². The Labute approximate surface area is 104 Å². The van der Waals surface area contributed by atoms with Gasteiger partial charge in [-0.25, -0.2) is 13.8 Å². The number of halogens is 4. The molecule has 1 heterocycles. The van der Waals surface area contributed by atoms with Crippen molar-refractivity contribution in [3.05, 3.63) is 28.0 Å². The second-order valence-electron chi connectivity index (χ2n) is 2.97. The molecule has 7 heteroatoms. The first-order chi connectivity index (χ1) is 7.45. The van der Waals surface area contributed by atoms with Crippen molar-refractivity contribution in [1.29, 1.82) is 0 Å². The first-order valence-electron chi connectivity index (χ1n) is 4.19. The van der Waals surface area contributed by atoms with Crippen LogP contribution in [-0.4, -0.2) is 16.1 Å². The number of rotatable bonds is 4. The third-order valence-corrected chi connectivity index (χ3v) is 2.75. The lowest BCUT2D eigenvalue weighted by Gasteiger charge is -2.09. The number of carboxylic acids is 1. The summed E-state index contributed by atoms with van der Waals surface area (Å²) in [5, 5.41) is 8.77. The molecule has 1 N–H and O–H groups in total. The third kappa shape index (κ3) is 3.12. The molecule has 0 saturated carbocycles. The molecule has 0 amide bonds. The Morgan fingerprint density at radius 2 is 2.25 bits per heavy atom. The number of carbonyl (C=O) groups is 1. The molecular formula is C9H7BrClF2NO2. The van der Waals surface area contributed by atoms with Crippen LogP contribution in [0, 0.1) is 0 Å². The Morgan fingerprint density at radius 3 is 2.69 bits per heavy atom. The maximum atomic E-state index is 12.5. The molecule has 1 rings (SSSR count). The average molecular weight is 315 g/mol. The molecule has 0 unspecified atom stereocenters. The van der Waals surface area contributed by atoms with E-state index in [-0.39, 0.29) is 10.7 Å². The lowest BCUT2D eigenvalue weighted by Crippen LogP contribution is -2.08. The quantitative estimate of drug-likeness (QED) is 0.868. The third-order valence-electron chi connectivity index (χ3n) is 1.84. The van der Waals surface area contributed by atoms with Crippen LogP contribution in [0.4, 0.5) is 8.78 Å². The number of hydrogen-bond donors (Lipinski definition) is 1. The topological polar surface area (TPSA) is 50.2 Å². The molecule has 0 aliphatic carbocycles. The van der Waals surface area contributed by atoms with Gasteiger partial charge in [0.15, 0.2) is 0 Å². The standard InChI is InChI=1S/C9H7BrClF2NO2/c10-3-4-1-5(11)8(9(12)13)14-6(4)2-7(15)16/h1,9H,2-3H2,(H,15,16). The summed E-state index contributed by atoms with van der Waals surface area (Å²) >= 11 is 8.72. The molecule has 16 heavy (non-hydrogen) atoms. The van der Waals surface area contributed by atoms with E-state index in [2.05, 4.69) is 20.9 Å². The number of aromatic nitrogens is 1. The fourth-order valence-electron chi connectivity index (χ4n) is 1.15. The minimum atomic E-state index is -2.82. The fraction of sp³-hybridized carbons (Fsp3) is 0.333. The zero-order chi connectivity index (χ0) is 12.3. The van der Waals surface area contributed by atoms with E-state index in [0.717, 1.165) is 0 Å². The summed E-state index contributed by atoms with van der Waals surface area (Å²) in [6.45, 7) is 0. The minimum Gasteiger partial charge on any atom is -0.481 e. The molecular weight excluding hydrogens is 307 g/mol. The van der Waals surface area contributed by atoms with Gasteiger partial charge in [-0.1, -0.05) is 27.5 Å². The van der Waals surface area contributed by atoms with E-state index in [1.54, 1.807) is 0 Å². The Kier molecular flexibility index (Phi) is 4.61. The normalized spacial score (nSPS) is 10.8. The van der Waals surface area contributed by atoms with Crippen LogP contribution >= 0.6 is 27.5 Å². The Hall–Kier alpha value is -0.750. The summed E-state index contributed by atoms with van der Waals surface area (Å²) in [4.78, 5) is 14.1. The Balaban J connectivity index is 3.22. The second-order valence-corrected chi connectivity index (χ2v) is 3.93. The summed E-state index contributed by atoms with van der Waals surface area (Å²) in [6, 6.07) is 1.31. The van der Waals surface area contributed by atoms with E-state index < -0.39 is 24.5 Å². The number of nitrogens with zero attached hydrogens (tertiary/aromatic N) is 1. The summed E-state index contributed by atoms with van der Waals surface area (Å²) in [5.74, 6) is -1.13. The number of hydrogen-bond acceptors (Lipinski definition) is 2.